The van der Waals surface area contributed by atoms with Gasteiger partial charge in [-0.3, -0.25) is 0 Å². The van der Waals surface area contributed by atoms with Gasteiger partial charge < -0.3 is 0 Å². The Labute approximate surface area is 30.9 Å². The molecule has 5 heavy (non-hydrogen) atoms. The van der Waals surface area contributed by atoms with Crippen LogP contribution in [0.25, 0.3) is 0 Å². The SMILES string of the molecule is O=[N+]([O-])NP. The average molecular weight is 94.0 g/mol. The second-order valence-corrected chi connectivity index (χ2v) is 0.644. The van der Waals surface area contributed by atoms with Gasteiger partial charge >= 0.3 is 0 Å². The summed E-state index contributed by atoms with van der Waals surface area (Å²) in [6.07, 6.45) is 0. The van der Waals surface area contributed by atoms with Gasteiger partial charge in [0.15, 0.2) is 5.03 Å². The molecule has 0 saturated carbocycles. The fraction of sp³-hybridized carbons (Fsp3) is 0. The number of hydrazine groups is 1. The van der Waals surface area contributed by atoms with Crippen molar-refractivity contribution < 1.29 is 5.03 Å². The van der Waals surface area contributed by atoms with E-state index in [0.717, 1.165) is 0 Å². The lowest BCUT2D eigenvalue weighted by Crippen LogP contribution is -2.05. The lowest BCUT2D eigenvalue weighted by atomic mass is 12.7. The molecule has 0 saturated heterocycles. The zero-order valence-corrected chi connectivity index (χ0v) is 3.50. The van der Waals surface area contributed by atoms with Crippen LogP contribution in [-0.4, -0.2) is 5.03 Å². The monoisotopic (exact) mass is 94.0 g/mol. The van der Waals surface area contributed by atoms with Crippen molar-refractivity contribution >= 4 is 9.39 Å². The molecule has 1 atom stereocenters. The number of rotatable bonds is 1. The number of hydrogen-bond acceptors (Lipinski definition) is 2. The summed E-state index contributed by atoms with van der Waals surface area (Å²) in [6.45, 7) is 0. The molecule has 0 aliphatic carbocycles. The first-order valence-electron chi connectivity index (χ1n) is 0.877. The summed E-state index contributed by atoms with van der Waals surface area (Å²) < 4.78 is 0. The molecule has 0 fully saturated rings. The van der Waals surface area contributed by atoms with E-state index in [9.17, 15) is 0 Å². The molecule has 5 heteroatoms. The summed E-state index contributed by atoms with van der Waals surface area (Å²) in [7, 11) is 1.75. The molecule has 1 unspecified atom stereocenters. The van der Waals surface area contributed by atoms with Crippen LogP contribution < -0.4 is 5.20 Å². The minimum absolute atomic E-state index is 0.662. The van der Waals surface area contributed by atoms with Gasteiger partial charge in [-0.1, -0.05) is 0 Å². The molecule has 0 spiro atoms. The van der Waals surface area contributed by atoms with E-state index in [1.807, 2.05) is 0 Å². The molecule has 1 N–H and O–H groups in total. The molecular weight excluding hydrogens is 91.0 g/mol. The molecule has 0 aromatic rings. The van der Waals surface area contributed by atoms with Gasteiger partial charge in [-0.05, 0) is 0 Å². The lowest BCUT2D eigenvalue weighted by molar-refractivity contribution is -0.517. The molecule has 0 radical (unpaired) electrons. The van der Waals surface area contributed by atoms with Gasteiger partial charge in [-0.2, -0.15) is 0 Å². The van der Waals surface area contributed by atoms with E-state index >= 15 is 0 Å². The molecule has 0 aliphatic heterocycles. The second-order valence-electron chi connectivity index (χ2n) is 0.386. The van der Waals surface area contributed by atoms with Crippen LogP contribution in [0.4, 0.5) is 0 Å². The predicted molar refractivity (Wildman–Crippen MR) is 19.8 cm³/mol. The van der Waals surface area contributed by atoms with Gasteiger partial charge in [0.1, 0.15) is 0 Å². The van der Waals surface area contributed by atoms with Gasteiger partial charge in [-0.25, -0.2) is 10.1 Å². The van der Waals surface area contributed by atoms with E-state index in [2.05, 4.69) is 0 Å². The quantitative estimate of drug-likeness (QED) is 0.272. The maximum absolute atomic E-state index is 9.04. The highest BCUT2D eigenvalue weighted by atomic mass is 31.0. The van der Waals surface area contributed by atoms with Crippen molar-refractivity contribution in [2.45, 2.75) is 0 Å². The minimum atomic E-state index is -0.662. The van der Waals surface area contributed by atoms with Crippen molar-refractivity contribution in [3.63, 3.8) is 0 Å². The Balaban J connectivity index is 2.85. The van der Waals surface area contributed by atoms with Crippen LogP contribution in [0.3, 0.4) is 0 Å². The second kappa shape index (κ2) is 1.91. The third-order valence-electron chi connectivity index (χ3n) is 0.105. The Bertz CT molecular complexity index is 42.9. The van der Waals surface area contributed by atoms with Crippen molar-refractivity contribution in [3.8, 4) is 0 Å². The van der Waals surface area contributed by atoms with Crippen LogP contribution in [-0.2, 0) is 0 Å². The van der Waals surface area contributed by atoms with Crippen LogP contribution in [0.1, 0.15) is 0 Å². The molecular formula is H3N2O2P. The van der Waals surface area contributed by atoms with E-state index in [4.69, 9.17) is 10.1 Å². The van der Waals surface area contributed by atoms with Crippen molar-refractivity contribution in [2.24, 2.45) is 0 Å². The summed E-state index contributed by atoms with van der Waals surface area (Å²) in [5.41, 5.74) is 0. The summed E-state index contributed by atoms with van der Waals surface area (Å²) in [6, 6.07) is 0. The predicted octanol–water partition coefficient (Wildman–Crippen LogP) is -0.442. The summed E-state index contributed by atoms with van der Waals surface area (Å²) >= 11 is 0. The maximum atomic E-state index is 9.04. The Morgan fingerprint density at radius 1 is 2.00 bits per heavy atom. The van der Waals surface area contributed by atoms with Gasteiger partial charge in [0.05, 0.1) is 0 Å². The molecule has 0 aliphatic rings. The molecule has 0 aromatic carbocycles. The lowest BCUT2D eigenvalue weighted by Gasteiger charge is -1.76. The fourth-order valence-electron chi connectivity index (χ4n) is 0. The molecule has 30 valence electrons. The van der Waals surface area contributed by atoms with Crippen molar-refractivity contribution in [3.05, 3.63) is 10.1 Å². The zero-order chi connectivity index (χ0) is 4.28. The average Bonchev–Trinajstić information content (AvgIpc) is 1.38. The van der Waals surface area contributed by atoms with Gasteiger partial charge in [0, 0.05) is 9.39 Å². The Hall–Kier alpha value is -0.370. The summed E-state index contributed by atoms with van der Waals surface area (Å²) in [4.78, 5) is 9.04. The van der Waals surface area contributed by atoms with E-state index in [1.54, 1.807) is 14.6 Å². The number of nitrogens with zero attached hydrogens (tertiary/aromatic N) is 1. The number of hydrogen-bond donors (Lipinski definition) is 1. The van der Waals surface area contributed by atoms with Crippen LogP contribution in [0, 0.1) is 10.1 Å². The maximum Gasteiger partial charge on any atom is 0.160 e. The first kappa shape index (κ1) is 4.63. The third-order valence-corrected chi connectivity index (χ3v) is 0.316. The van der Waals surface area contributed by atoms with Crippen LogP contribution in [0.2, 0.25) is 0 Å². The van der Waals surface area contributed by atoms with E-state index in [-0.39, 0.29) is 0 Å². The fourth-order valence-corrected chi connectivity index (χ4v) is 0. The Kier molecular flexibility index (Phi) is 1.76. The summed E-state index contributed by atoms with van der Waals surface area (Å²) in [5, 5.41) is 10.0. The highest BCUT2D eigenvalue weighted by molar-refractivity contribution is 7.13. The largest absolute Gasteiger partial charge is 0.235 e. The minimum Gasteiger partial charge on any atom is -0.235 e. The number of nitro groups is 1. The smallest absolute Gasteiger partial charge is 0.160 e. The van der Waals surface area contributed by atoms with Crippen molar-refractivity contribution in [1.82, 2.24) is 5.20 Å². The first-order valence-corrected chi connectivity index (χ1v) is 1.45. The van der Waals surface area contributed by atoms with Crippen LogP contribution in [0.5, 0.6) is 0 Å². The van der Waals surface area contributed by atoms with E-state index in [0.29, 0.717) is 0 Å². The first-order chi connectivity index (χ1) is 2.27. The van der Waals surface area contributed by atoms with Crippen molar-refractivity contribution in [1.29, 1.82) is 0 Å². The molecule has 0 bridgehead atoms. The molecule has 4 nitrogen and oxygen atoms in total. The number of nitrogens with one attached hydrogen (secondary N) is 1. The normalized spacial score (nSPS) is 6.60. The zero-order valence-electron chi connectivity index (χ0n) is 2.34. The third kappa shape index (κ3) is 3.63. The van der Waals surface area contributed by atoms with Gasteiger partial charge in [0.25, 0.3) is 0 Å². The Morgan fingerprint density at radius 3 is 2.20 bits per heavy atom. The highest BCUT2D eigenvalue weighted by Gasteiger charge is 1.72. The Morgan fingerprint density at radius 2 is 2.20 bits per heavy atom. The topological polar surface area (TPSA) is 55.2 Å². The van der Waals surface area contributed by atoms with Crippen LogP contribution >= 0.6 is 9.39 Å². The molecule has 0 rings (SSSR count). The van der Waals surface area contributed by atoms with E-state index in [1.165, 1.54) is 0 Å². The molecule has 0 aromatic heterocycles. The van der Waals surface area contributed by atoms with Crippen LogP contribution in [0.15, 0.2) is 0 Å². The molecule has 0 heterocycles. The van der Waals surface area contributed by atoms with E-state index < -0.39 is 5.03 Å². The van der Waals surface area contributed by atoms with Crippen molar-refractivity contribution in [2.75, 3.05) is 0 Å². The highest BCUT2D eigenvalue weighted by Crippen LogP contribution is 1.62. The van der Waals surface area contributed by atoms with Gasteiger partial charge in [0.2, 0.25) is 0 Å². The van der Waals surface area contributed by atoms with Gasteiger partial charge in [-0.15, -0.1) is 5.20 Å². The standard InChI is InChI=1S/H3N2O2P/c3-2(4)1-5/h1H,5H2. The molecule has 0 amide bonds. The summed E-state index contributed by atoms with van der Waals surface area (Å²) in [5.74, 6) is 0.